The highest BCUT2D eigenvalue weighted by molar-refractivity contribution is 7.53. The van der Waals surface area contributed by atoms with Crippen molar-refractivity contribution in [2.24, 2.45) is 0 Å². The van der Waals surface area contributed by atoms with Gasteiger partial charge in [-0.1, -0.05) is 0 Å². The van der Waals surface area contributed by atoms with Gasteiger partial charge in [-0.3, -0.25) is 4.57 Å². The van der Waals surface area contributed by atoms with Gasteiger partial charge < -0.3 is 13.8 Å². The predicted octanol–water partition coefficient (Wildman–Crippen LogP) is 3.69. The van der Waals surface area contributed by atoms with Gasteiger partial charge in [0.1, 0.15) is 4.88 Å². The number of hydrogen-bond acceptors (Lipinski definition) is 6. The molecule has 1 aromatic rings. The van der Waals surface area contributed by atoms with Crippen molar-refractivity contribution in [2.75, 3.05) is 19.8 Å². The largest absolute Gasteiger partial charge is 0.462 e. The molecule has 5 nitrogen and oxygen atoms in total. The minimum absolute atomic E-state index is 0.171. The maximum Gasteiger partial charge on any atom is 0.348 e. The summed E-state index contributed by atoms with van der Waals surface area (Å²) in [4.78, 5) is 12.0. The second kappa shape index (κ2) is 7.80. The summed E-state index contributed by atoms with van der Waals surface area (Å²) < 4.78 is 27.7. The van der Waals surface area contributed by atoms with Crippen molar-refractivity contribution in [3.05, 3.63) is 21.9 Å². The van der Waals surface area contributed by atoms with Crippen LogP contribution in [0.2, 0.25) is 0 Å². The lowest BCUT2D eigenvalue weighted by Gasteiger charge is -2.15. The zero-order chi connectivity index (χ0) is 14.3. The average Bonchev–Trinajstić information content (AvgIpc) is 2.78. The Morgan fingerprint density at radius 1 is 1.21 bits per heavy atom. The van der Waals surface area contributed by atoms with Crippen LogP contribution in [0.3, 0.4) is 0 Å². The first-order valence-corrected chi connectivity index (χ1v) is 8.78. The van der Waals surface area contributed by atoms with E-state index in [2.05, 4.69) is 0 Å². The molecule has 1 heterocycles. The first-order chi connectivity index (χ1) is 9.04. The maximum atomic E-state index is 12.3. The molecular formula is C12H19O5PS. The molecule has 0 bridgehead atoms. The molecule has 0 saturated heterocycles. The summed E-state index contributed by atoms with van der Waals surface area (Å²) >= 11 is 1.27. The Labute approximate surface area is 117 Å². The van der Waals surface area contributed by atoms with E-state index in [4.69, 9.17) is 13.8 Å². The molecule has 0 atom stereocenters. The van der Waals surface area contributed by atoms with Gasteiger partial charge in [0.25, 0.3) is 0 Å². The molecule has 0 N–H and O–H groups in total. The van der Waals surface area contributed by atoms with Crippen molar-refractivity contribution in [2.45, 2.75) is 26.9 Å². The molecule has 0 aliphatic rings. The molecule has 0 fully saturated rings. The third-order valence-corrected chi connectivity index (χ3v) is 5.17. The molecule has 0 spiro atoms. The molecule has 19 heavy (non-hydrogen) atoms. The van der Waals surface area contributed by atoms with E-state index in [0.29, 0.717) is 24.7 Å². The van der Waals surface area contributed by atoms with Crippen LogP contribution in [0.1, 0.15) is 36.0 Å². The number of carbonyl (C=O) groups excluding carboxylic acids is 1. The molecule has 0 saturated carbocycles. The van der Waals surface area contributed by atoms with Gasteiger partial charge in [-0.2, -0.15) is 0 Å². The fourth-order valence-corrected chi connectivity index (χ4v) is 4.11. The normalized spacial score (nSPS) is 11.5. The standard InChI is InChI=1S/C12H19O5PS/c1-4-15-12(13)11-7-10(9-19-11)8-18(14,16-5-2)17-6-3/h7,9H,4-6,8H2,1-3H3. The fourth-order valence-electron chi connectivity index (χ4n) is 1.51. The van der Waals surface area contributed by atoms with Crippen molar-refractivity contribution in [1.82, 2.24) is 0 Å². The van der Waals surface area contributed by atoms with Crippen molar-refractivity contribution >= 4 is 24.9 Å². The Hall–Kier alpha value is -0.680. The summed E-state index contributed by atoms with van der Waals surface area (Å²) in [5, 5.41) is 1.77. The third-order valence-electron chi connectivity index (χ3n) is 2.16. The SMILES string of the molecule is CCOC(=O)c1cc(CP(=O)(OCC)OCC)cs1. The molecule has 0 aromatic carbocycles. The molecule has 0 aliphatic carbocycles. The summed E-state index contributed by atoms with van der Waals surface area (Å²) in [6.45, 7) is 6.28. The number of hydrogen-bond donors (Lipinski definition) is 0. The lowest BCUT2D eigenvalue weighted by molar-refractivity contribution is 0.0532. The van der Waals surface area contributed by atoms with Crippen LogP contribution >= 0.6 is 18.9 Å². The van der Waals surface area contributed by atoms with Gasteiger partial charge in [0.2, 0.25) is 0 Å². The van der Waals surface area contributed by atoms with Crippen LogP contribution in [0.4, 0.5) is 0 Å². The van der Waals surface area contributed by atoms with Crippen LogP contribution in [-0.4, -0.2) is 25.8 Å². The molecule has 0 aliphatic heterocycles. The molecule has 108 valence electrons. The van der Waals surface area contributed by atoms with E-state index in [1.54, 1.807) is 32.2 Å². The van der Waals surface area contributed by atoms with Gasteiger partial charge in [-0.05, 0) is 37.8 Å². The Kier molecular flexibility index (Phi) is 6.72. The molecule has 1 rings (SSSR count). The number of rotatable bonds is 8. The van der Waals surface area contributed by atoms with E-state index in [0.717, 1.165) is 5.56 Å². The van der Waals surface area contributed by atoms with Crippen molar-refractivity contribution in [3.8, 4) is 0 Å². The summed E-state index contributed by atoms with van der Waals surface area (Å²) in [5.74, 6) is -0.360. The van der Waals surface area contributed by atoms with Crippen LogP contribution in [0.5, 0.6) is 0 Å². The quantitative estimate of drug-likeness (QED) is 0.541. The lowest BCUT2D eigenvalue weighted by atomic mass is 10.3. The second-order valence-corrected chi connectivity index (χ2v) is 6.61. The highest BCUT2D eigenvalue weighted by Crippen LogP contribution is 2.51. The minimum atomic E-state index is -3.12. The smallest absolute Gasteiger partial charge is 0.348 e. The zero-order valence-corrected chi connectivity index (χ0v) is 13.1. The van der Waals surface area contributed by atoms with Gasteiger partial charge in [0.15, 0.2) is 0 Å². The molecule has 7 heteroatoms. The predicted molar refractivity (Wildman–Crippen MR) is 74.8 cm³/mol. The maximum absolute atomic E-state index is 12.3. The Morgan fingerprint density at radius 3 is 2.37 bits per heavy atom. The van der Waals surface area contributed by atoms with E-state index in [9.17, 15) is 9.36 Å². The van der Waals surface area contributed by atoms with Crippen molar-refractivity contribution < 1.29 is 23.1 Å². The first kappa shape index (κ1) is 16.4. The molecule has 0 radical (unpaired) electrons. The van der Waals surface area contributed by atoms with Gasteiger partial charge in [-0.25, -0.2) is 4.79 Å². The van der Waals surface area contributed by atoms with Crippen LogP contribution in [0, 0.1) is 0 Å². The summed E-state index contributed by atoms with van der Waals surface area (Å²) in [6.07, 6.45) is 0.171. The van der Waals surface area contributed by atoms with E-state index >= 15 is 0 Å². The minimum Gasteiger partial charge on any atom is -0.462 e. The van der Waals surface area contributed by atoms with E-state index in [-0.39, 0.29) is 12.1 Å². The highest BCUT2D eigenvalue weighted by atomic mass is 32.1. The number of esters is 1. The fraction of sp³-hybridized carbons (Fsp3) is 0.583. The van der Waals surface area contributed by atoms with Gasteiger partial charge in [-0.15, -0.1) is 11.3 Å². The Balaban J connectivity index is 2.75. The highest BCUT2D eigenvalue weighted by Gasteiger charge is 2.25. The van der Waals surface area contributed by atoms with Crippen LogP contribution < -0.4 is 0 Å². The van der Waals surface area contributed by atoms with Gasteiger partial charge in [0.05, 0.1) is 26.0 Å². The van der Waals surface area contributed by atoms with Crippen LogP contribution in [0.25, 0.3) is 0 Å². The first-order valence-electron chi connectivity index (χ1n) is 6.17. The lowest BCUT2D eigenvalue weighted by Crippen LogP contribution is -2.02. The zero-order valence-electron chi connectivity index (χ0n) is 11.4. The van der Waals surface area contributed by atoms with E-state index in [1.165, 1.54) is 11.3 Å². The molecular weight excluding hydrogens is 287 g/mol. The molecule has 0 amide bonds. The average molecular weight is 306 g/mol. The van der Waals surface area contributed by atoms with E-state index < -0.39 is 7.60 Å². The van der Waals surface area contributed by atoms with Crippen molar-refractivity contribution in [1.29, 1.82) is 0 Å². The van der Waals surface area contributed by atoms with E-state index in [1.807, 2.05) is 0 Å². The number of thiophene rings is 1. The Bertz CT molecular complexity index is 447. The summed E-state index contributed by atoms with van der Waals surface area (Å²) in [5.41, 5.74) is 0.762. The van der Waals surface area contributed by atoms with Crippen molar-refractivity contribution in [3.63, 3.8) is 0 Å². The summed E-state index contributed by atoms with van der Waals surface area (Å²) in [6, 6.07) is 1.67. The molecule has 1 aromatic heterocycles. The summed E-state index contributed by atoms with van der Waals surface area (Å²) in [7, 11) is -3.12. The number of carbonyl (C=O) groups is 1. The van der Waals surface area contributed by atoms with Crippen LogP contribution in [0.15, 0.2) is 11.4 Å². The topological polar surface area (TPSA) is 61.8 Å². The van der Waals surface area contributed by atoms with Gasteiger partial charge in [0, 0.05) is 0 Å². The van der Waals surface area contributed by atoms with Crippen LogP contribution in [-0.2, 0) is 24.5 Å². The Morgan fingerprint density at radius 2 is 1.84 bits per heavy atom. The number of ether oxygens (including phenoxy) is 1. The van der Waals surface area contributed by atoms with Gasteiger partial charge >= 0.3 is 13.6 Å². The monoisotopic (exact) mass is 306 g/mol. The second-order valence-electron chi connectivity index (χ2n) is 3.64. The molecule has 0 unspecified atom stereocenters. The third kappa shape index (κ3) is 5.07.